The van der Waals surface area contributed by atoms with Gasteiger partial charge in [-0.15, -0.1) is 0 Å². The number of hydrogen-bond donors (Lipinski definition) is 0. The van der Waals surface area contributed by atoms with Crippen molar-refractivity contribution in [1.82, 2.24) is 4.90 Å². The van der Waals surface area contributed by atoms with Crippen LogP contribution in [0.3, 0.4) is 0 Å². The van der Waals surface area contributed by atoms with Gasteiger partial charge in [0.1, 0.15) is 5.82 Å². The zero-order valence-electron chi connectivity index (χ0n) is 20.0. The Balaban J connectivity index is 1.53. The number of carbonyl (C=O) groups excluding carboxylic acids is 1. The van der Waals surface area contributed by atoms with Gasteiger partial charge in [-0.25, -0.2) is 4.39 Å². The van der Waals surface area contributed by atoms with E-state index in [1.807, 2.05) is 90.6 Å². The summed E-state index contributed by atoms with van der Waals surface area (Å²) in [5.74, 6) is -0.177. The summed E-state index contributed by atoms with van der Waals surface area (Å²) < 4.78 is 15.7. The van der Waals surface area contributed by atoms with E-state index in [0.717, 1.165) is 35.2 Å². The molecule has 1 saturated heterocycles. The second-order valence-corrected chi connectivity index (χ2v) is 9.95. The van der Waals surface area contributed by atoms with Crippen LogP contribution in [0.5, 0.6) is 0 Å². The van der Waals surface area contributed by atoms with Crippen molar-refractivity contribution in [3.8, 4) is 11.1 Å². The summed E-state index contributed by atoms with van der Waals surface area (Å²) in [6.45, 7) is 2.54. The molecule has 0 aromatic heterocycles. The monoisotopic (exact) mass is 454 g/mol. The Hall–Kier alpha value is -3.40. The van der Waals surface area contributed by atoms with Gasteiger partial charge in [-0.2, -0.15) is 0 Å². The number of likely N-dealkylation sites (tertiary alicyclic amines) is 1. The molecule has 1 aliphatic heterocycles. The molecule has 1 heterocycles. The standard InChI is InChI=1S/C30H31FN2O/c1-30-18-8-7-11-26(30)28(33(29(30)34)20-21-9-5-4-6-10-21)25-17-14-23(19-27(25)31)22-12-15-24(16-13-22)32(2)3/h4-7,9-17,19,26,28H,8,18,20H2,1-3H3/t26?,28?,30-/m1/s1. The van der Waals surface area contributed by atoms with Crippen LogP contribution in [0, 0.1) is 17.2 Å². The molecular weight excluding hydrogens is 423 g/mol. The molecular formula is C30H31FN2O. The second-order valence-electron chi connectivity index (χ2n) is 9.95. The Bertz CT molecular complexity index is 1220. The third kappa shape index (κ3) is 3.81. The second kappa shape index (κ2) is 8.75. The summed E-state index contributed by atoms with van der Waals surface area (Å²) in [4.78, 5) is 17.6. The minimum absolute atomic E-state index is 0.0443. The van der Waals surface area contributed by atoms with E-state index in [0.29, 0.717) is 12.1 Å². The third-order valence-electron chi connectivity index (χ3n) is 7.57. The van der Waals surface area contributed by atoms with Gasteiger partial charge in [0, 0.05) is 37.8 Å². The van der Waals surface area contributed by atoms with Crippen LogP contribution >= 0.6 is 0 Å². The normalized spacial score (nSPS) is 23.8. The van der Waals surface area contributed by atoms with Gasteiger partial charge in [-0.3, -0.25) is 4.79 Å². The highest BCUT2D eigenvalue weighted by Gasteiger charge is 2.56. The molecule has 0 bridgehead atoms. The van der Waals surface area contributed by atoms with E-state index in [2.05, 4.69) is 19.1 Å². The van der Waals surface area contributed by atoms with Crippen LogP contribution in [-0.4, -0.2) is 24.9 Å². The molecule has 2 aliphatic rings. The van der Waals surface area contributed by atoms with Crippen LogP contribution in [0.25, 0.3) is 11.1 Å². The zero-order chi connectivity index (χ0) is 23.9. The van der Waals surface area contributed by atoms with Crippen LogP contribution in [-0.2, 0) is 11.3 Å². The minimum Gasteiger partial charge on any atom is -0.378 e. The molecule has 0 N–H and O–H groups in total. The van der Waals surface area contributed by atoms with Crippen LogP contribution in [0.2, 0.25) is 0 Å². The molecule has 3 aromatic rings. The van der Waals surface area contributed by atoms with E-state index >= 15 is 4.39 Å². The summed E-state index contributed by atoms with van der Waals surface area (Å²) in [6, 6.07) is 23.3. The molecule has 1 fully saturated rings. The average Bonchev–Trinajstić information content (AvgIpc) is 3.06. The number of allylic oxidation sites excluding steroid dienone is 1. The number of nitrogens with zero attached hydrogens (tertiary/aromatic N) is 2. The summed E-state index contributed by atoms with van der Waals surface area (Å²) in [5.41, 5.74) is 4.07. The number of benzene rings is 3. The SMILES string of the molecule is CN(C)c1ccc(-c2ccc(C3C4C=CCC[C@@]4(C)C(=O)N3Cc3ccccc3)c(F)c2)cc1. The molecule has 0 radical (unpaired) electrons. The summed E-state index contributed by atoms with van der Waals surface area (Å²) >= 11 is 0. The Kier molecular flexibility index (Phi) is 5.76. The topological polar surface area (TPSA) is 23.6 Å². The average molecular weight is 455 g/mol. The molecule has 3 atom stereocenters. The molecule has 34 heavy (non-hydrogen) atoms. The highest BCUT2D eigenvalue weighted by Crippen LogP contribution is 2.54. The Labute approximate surface area is 201 Å². The van der Waals surface area contributed by atoms with Crippen molar-refractivity contribution in [3.05, 3.63) is 102 Å². The van der Waals surface area contributed by atoms with Gasteiger partial charge in [-0.05, 0) is 47.7 Å². The van der Waals surface area contributed by atoms with Crippen molar-refractivity contribution in [3.63, 3.8) is 0 Å². The van der Waals surface area contributed by atoms with Crippen LogP contribution in [0.4, 0.5) is 10.1 Å². The molecule has 3 nitrogen and oxygen atoms in total. The fourth-order valence-corrected chi connectivity index (χ4v) is 5.57. The lowest BCUT2D eigenvalue weighted by molar-refractivity contribution is -0.137. The van der Waals surface area contributed by atoms with E-state index in [-0.39, 0.29) is 23.7 Å². The minimum atomic E-state index is -0.499. The number of fused-ring (bicyclic) bond motifs is 1. The number of carbonyl (C=O) groups is 1. The predicted molar refractivity (Wildman–Crippen MR) is 136 cm³/mol. The number of anilines is 1. The quantitative estimate of drug-likeness (QED) is 0.405. The Morgan fingerprint density at radius 3 is 2.38 bits per heavy atom. The Morgan fingerprint density at radius 1 is 1.00 bits per heavy atom. The van der Waals surface area contributed by atoms with Crippen molar-refractivity contribution in [2.45, 2.75) is 32.4 Å². The van der Waals surface area contributed by atoms with Crippen LogP contribution < -0.4 is 4.90 Å². The van der Waals surface area contributed by atoms with Crippen molar-refractivity contribution < 1.29 is 9.18 Å². The molecule has 2 unspecified atom stereocenters. The van der Waals surface area contributed by atoms with Gasteiger partial charge >= 0.3 is 0 Å². The van der Waals surface area contributed by atoms with Gasteiger partial charge in [0.05, 0.1) is 11.5 Å². The predicted octanol–water partition coefficient (Wildman–Crippen LogP) is 6.61. The van der Waals surface area contributed by atoms with E-state index in [1.165, 1.54) is 0 Å². The molecule has 174 valence electrons. The lowest BCUT2D eigenvalue weighted by Gasteiger charge is -2.32. The first-order valence-corrected chi connectivity index (χ1v) is 12.0. The maximum Gasteiger partial charge on any atom is 0.230 e. The van der Waals surface area contributed by atoms with Crippen LogP contribution in [0.1, 0.15) is 36.9 Å². The third-order valence-corrected chi connectivity index (χ3v) is 7.57. The first kappa shape index (κ1) is 22.4. The van der Waals surface area contributed by atoms with E-state index < -0.39 is 5.41 Å². The van der Waals surface area contributed by atoms with Gasteiger partial charge < -0.3 is 9.80 Å². The van der Waals surface area contributed by atoms with Crippen molar-refractivity contribution in [2.75, 3.05) is 19.0 Å². The summed E-state index contributed by atoms with van der Waals surface area (Å²) in [7, 11) is 4.00. The molecule has 3 aromatic carbocycles. The van der Waals surface area contributed by atoms with Crippen LogP contribution in [0.15, 0.2) is 84.9 Å². The maximum absolute atomic E-state index is 15.7. The lowest BCUT2D eigenvalue weighted by Crippen LogP contribution is -2.34. The fraction of sp³-hybridized carbons (Fsp3) is 0.300. The maximum atomic E-state index is 15.7. The van der Waals surface area contributed by atoms with Gasteiger partial charge in [0.25, 0.3) is 0 Å². The number of rotatable bonds is 5. The molecule has 0 saturated carbocycles. The highest BCUT2D eigenvalue weighted by atomic mass is 19.1. The van der Waals surface area contributed by atoms with Crippen molar-refractivity contribution >= 4 is 11.6 Å². The van der Waals surface area contributed by atoms with Gasteiger partial charge in [0.2, 0.25) is 5.91 Å². The smallest absolute Gasteiger partial charge is 0.230 e. The first-order valence-electron chi connectivity index (χ1n) is 12.0. The number of halogens is 1. The zero-order valence-corrected chi connectivity index (χ0v) is 20.0. The molecule has 4 heteroatoms. The van der Waals surface area contributed by atoms with E-state index in [4.69, 9.17) is 0 Å². The Morgan fingerprint density at radius 2 is 1.71 bits per heavy atom. The van der Waals surface area contributed by atoms with Crippen molar-refractivity contribution in [1.29, 1.82) is 0 Å². The summed E-state index contributed by atoms with van der Waals surface area (Å²) in [5, 5.41) is 0. The largest absolute Gasteiger partial charge is 0.378 e. The van der Waals surface area contributed by atoms with E-state index in [1.54, 1.807) is 6.07 Å². The summed E-state index contributed by atoms with van der Waals surface area (Å²) in [6.07, 6.45) is 5.98. The number of amides is 1. The first-order chi connectivity index (χ1) is 16.4. The van der Waals surface area contributed by atoms with E-state index in [9.17, 15) is 4.79 Å². The molecule has 0 spiro atoms. The highest BCUT2D eigenvalue weighted by molar-refractivity contribution is 5.86. The number of hydrogen-bond acceptors (Lipinski definition) is 2. The molecule has 1 aliphatic carbocycles. The lowest BCUT2D eigenvalue weighted by atomic mass is 9.69. The van der Waals surface area contributed by atoms with Gasteiger partial charge in [-0.1, -0.05) is 73.7 Å². The van der Waals surface area contributed by atoms with Gasteiger partial charge in [0.15, 0.2) is 0 Å². The molecule has 1 amide bonds. The van der Waals surface area contributed by atoms with Crippen molar-refractivity contribution in [2.24, 2.45) is 11.3 Å². The molecule has 5 rings (SSSR count). The fourth-order valence-electron chi connectivity index (χ4n) is 5.57.